The van der Waals surface area contributed by atoms with Crippen LogP contribution < -0.4 is 10.0 Å². The first-order valence-electron chi connectivity index (χ1n) is 7.79. The third kappa shape index (κ3) is 4.84. The van der Waals surface area contributed by atoms with Gasteiger partial charge < -0.3 is 5.32 Å². The molecule has 0 saturated carbocycles. The number of hydrogen-bond donors (Lipinski definition) is 2. The van der Waals surface area contributed by atoms with E-state index in [1.165, 1.54) is 42.5 Å². The van der Waals surface area contributed by atoms with Crippen molar-refractivity contribution in [2.45, 2.75) is 4.90 Å². The highest BCUT2D eigenvalue weighted by atomic mass is 35.5. The number of anilines is 2. The van der Waals surface area contributed by atoms with Crippen molar-refractivity contribution in [3.63, 3.8) is 0 Å². The Morgan fingerprint density at radius 1 is 0.889 bits per heavy atom. The summed E-state index contributed by atoms with van der Waals surface area (Å²) in [6, 6.07) is 17.1. The molecule has 3 aromatic rings. The summed E-state index contributed by atoms with van der Waals surface area (Å²) in [5, 5.41) is 3.11. The van der Waals surface area contributed by atoms with Crippen LogP contribution in [-0.4, -0.2) is 14.3 Å². The van der Waals surface area contributed by atoms with E-state index < -0.39 is 15.8 Å². The van der Waals surface area contributed by atoms with E-state index in [-0.39, 0.29) is 16.5 Å². The molecular weight excluding hydrogens is 391 g/mol. The molecule has 0 heterocycles. The average molecular weight is 405 g/mol. The first-order valence-corrected chi connectivity index (χ1v) is 9.65. The second kappa shape index (κ2) is 7.77. The smallest absolute Gasteiger partial charge is 0.261 e. The van der Waals surface area contributed by atoms with Crippen LogP contribution in [0.15, 0.2) is 77.7 Å². The van der Waals surface area contributed by atoms with E-state index in [0.29, 0.717) is 16.3 Å². The molecule has 0 aliphatic heterocycles. The molecule has 0 aromatic heterocycles. The Morgan fingerprint density at radius 3 is 2.15 bits per heavy atom. The Morgan fingerprint density at radius 2 is 1.52 bits per heavy atom. The zero-order chi connectivity index (χ0) is 19.4. The molecule has 0 bridgehead atoms. The lowest BCUT2D eigenvalue weighted by atomic mass is 10.2. The van der Waals surface area contributed by atoms with E-state index in [4.69, 9.17) is 11.6 Å². The lowest BCUT2D eigenvalue weighted by Crippen LogP contribution is -2.14. The largest absolute Gasteiger partial charge is 0.322 e. The predicted molar refractivity (Wildman–Crippen MR) is 103 cm³/mol. The molecule has 0 unspecified atom stereocenters. The lowest BCUT2D eigenvalue weighted by molar-refractivity contribution is 0.102. The monoisotopic (exact) mass is 404 g/mol. The van der Waals surface area contributed by atoms with Gasteiger partial charge in [0, 0.05) is 22.0 Å². The van der Waals surface area contributed by atoms with Gasteiger partial charge in [0.1, 0.15) is 5.82 Å². The van der Waals surface area contributed by atoms with E-state index in [2.05, 4.69) is 10.0 Å². The standard InChI is InChI=1S/C19H14ClFN2O3S/c20-14-3-1-2-13(12-14)19(24)22-16-8-10-18(11-9-16)27(25,26)23-17-6-4-15(21)5-7-17/h1-12,23H,(H,22,24). The molecule has 0 saturated heterocycles. The van der Waals surface area contributed by atoms with Crippen LogP contribution in [-0.2, 0) is 10.0 Å². The number of amides is 1. The number of rotatable bonds is 5. The number of nitrogens with one attached hydrogen (secondary N) is 2. The summed E-state index contributed by atoms with van der Waals surface area (Å²) < 4.78 is 40.0. The van der Waals surface area contributed by atoms with Crippen molar-refractivity contribution in [2.24, 2.45) is 0 Å². The molecule has 27 heavy (non-hydrogen) atoms. The maximum absolute atomic E-state index is 12.9. The molecule has 2 N–H and O–H groups in total. The van der Waals surface area contributed by atoms with Crippen LogP contribution in [0.5, 0.6) is 0 Å². The number of hydrogen-bond acceptors (Lipinski definition) is 3. The highest BCUT2D eigenvalue weighted by Gasteiger charge is 2.14. The Labute approximate surface area is 160 Å². The summed E-state index contributed by atoms with van der Waals surface area (Å²) in [5.41, 5.74) is 1.06. The Bertz CT molecular complexity index is 1070. The summed E-state index contributed by atoms with van der Waals surface area (Å²) in [6.07, 6.45) is 0. The van der Waals surface area contributed by atoms with E-state index in [1.807, 2.05) is 0 Å². The third-order valence-corrected chi connectivity index (χ3v) is 5.24. The van der Waals surface area contributed by atoms with Crippen LogP contribution in [0.4, 0.5) is 15.8 Å². The molecule has 0 spiro atoms. The fourth-order valence-corrected chi connectivity index (χ4v) is 3.53. The SMILES string of the molecule is O=C(Nc1ccc(S(=O)(=O)Nc2ccc(F)cc2)cc1)c1cccc(Cl)c1. The van der Waals surface area contributed by atoms with E-state index in [0.717, 1.165) is 12.1 Å². The maximum Gasteiger partial charge on any atom is 0.261 e. The Hall–Kier alpha value is -2.90. The molecule has 0 atom stereocenters. The fourth-order valence-electron chi connectivity index (χ4n) is 2.28. The van der Waals surface area contributed by atoms with Crippen LogP contribution in [0.25, 0.3) is 0 Å². The van der Waals surface area contributed by atoms with Gasteiger partial charge in [0.05, 0.1) is 4.90 Å². The molecule has 3 aromatic carbocycles. The Balaban J connectivity index is 1.72. The predicted octanol–water partition coefficient (Wildman–Crippen LogP) is 4.53. The molecular formula is C19H14ClFN2O3S. The van der Waals surface area contributed by atoms with Crippen molar-refractivity contribution in [1.29, 1.82) is 0 Å². The normalized spacial score (nSPS) is 11.0. The summed E-state index contributed by atoms with van der Waals surface area (Å²) >= 11 is 5.86. The zero-order valence-corrected chi connectivity index (χ0v) is 15.4. The molecule has 5 nitrogen and oxygen atoms in total. The first-order chi connectivity index (χ1) is 12.8. The van der Waals surface area contributed by atoms with Crippen molar-refractivity contribution in [3.8, 4) is 0 Å². The number of carbonyl (C=O) groups excluding carboxylic acids is 1. The molecule has 8 heteroatoms. The minimum absolute atomic E-state index is 0.00702. The lowest BCUT2D eigenvalue weighted by Gasteiger charge is -2.10. The minimum atomic E-state index is -3.83. The van der Waals surface area contributed by atoms with Crippen molar-refractivity contribution in [2.75, 3.05) is 10.0 Å². The van der Waals surface area contributed by atoms with Gasteiger partial charge in [0.25, 0.3) is 15.9 Å². The zero-order valence-electron chi connectivity index (χ0n) is 13.8. The second-order valence-corrected chi connectivity index (χ2v) is 7.72. The van der Waals surface area contributed by atoms with E-state index in [9.17, 15) is 17.6 Å². The van der Waals surface area contributed by atoms with Gasteiger partial charge in [0.15, 0.2) is 0 Å². The summed E-state index contributed by atoms with van der Waals surface area (Å²) in [7, 11) is -3.83. The van der Waals surface area contributed by atoms with Gasteiger partial charge in [-0.2, -0.15) is 0 Å². The summed E-state index contributed by atoms with van der Waals surface area (Å²) in [4.78, 5) is 12.2. The van der Waals surface area contributed by atoms with Crippen molar-refractivity contribution >= 4 is 38.9 Å². The van der Waals surface area contributed by atoms with Crippen molar-refractivity contribution in [1.82, 2.24) is 0 Å². The second-order valence-electron chi connectivity index (χ2n) is 5.60. The van der Waals surface area contributed by atoms with E-state index in [1.54, 1.807) is 18.2 Å². The molecule has 0 radical (unpaired) electrons. The van der Waals surface area contributed by atoms with Gasteiger partial charge in [-0.3, -0.25) is 9.52 Å². The fraction of sp³-hybridized carbons (Fsp3) is 0. The van der Waals surface area contributed by atoms with Gasteiger partial charge in [-0.25, -0.2) is 12.8 Å². The first kappa shape index (κ1) is 18.9. The molecule has 0 aliphatic carbocycles. The summed E-state index contributed by atoms with van der Waals surface area (Å²) in [5.74, 6) is -0.824. The summed E-state index contributed by atoms with van der Waals surface area (Å²) in [6.45, 7) is 0. The molecule has 138 valence electrons. The number of sulfonamides is 1. The minimum Gasteiger partial charge on any atom is -0.322 e. The van der Waals surface area contributed by atoms with Crippen molar-refractivity contribution in [3.05, 3.63) is 89.2 Å². The third-order valence-electron chi connectivity index (χ3n) is 3.61. The quantitative estimate of drug-likeness (QED) is 0.655. The van der Waals surface area contributed by atoms with Gasteiger partial charge in [-0.05, 0) is 66.7 Å². The highest BCUT2D eigenvalue weighted by molar-refractivity contribution is 7.92. The van der Waals surface area contributed by atoms with Gasteiger partial charge in [-0.15, -0.1) is 0 Å². The van der Waals surface area contributed by atoms with Crippen LogP contribution in [0.2, 0.25) is 5.02 Å². The van der Waals surface area contributed by atoms with Crippen LogP contribution >= 0.6 is 11.6 Å². The van der Waals surface area contributed by atoms with Crippen LogP contribution in [0.1, 0.15) is 10.4 Å². The average Bonchev–Trinajstić information content (AvgIpc) is 2.64. The molecule has 0 aliphatic rings. The van der Waals surface area contributed by atoms with E-state index >= 15 is 0 Å². The van der Waals surface area contributed by atoms with Crippen molar-refractivity contribution < 1.29 is 17.6 Å². The van der Waals surface area contributed by atoms with Gasteiger partial charge in [-0.1, -0.05) is 17.7 Å². The van der Waals surface area contributed by atoms with Crippen LogP contribution in [0, 0.1) is 5.82 Å². The van der Waals surface area contributed by atoms with Gasteiger partial charge >= 0.3 is 0 Å². The van der Waals surface area contributed by atoms with Gasteiger partial charge in [0.2, 0.25) is 0 Å². The topological polar surface area (TPSA) is 75.3 Å². The number of halogens is 2. The molecule has 1 amide bonds. The molecule has 0 fully saturated rings. The Kier molecular flexibility index (Phi) is 5.43. The maximum atomic E-state index is 12.9. The highest BCUT2D eigenvalue weighted by Crippen LogP contribution is 2.19. The number of benzene rings is 3. The number of carbonyl (C=O) groups is 1. The van der Waals surface area contributed by atoms with Crippen LogP contribution in [0.3, 0.4) is 0 Å². The molecule has 3 rings (SSSR count).